The highest BCUT2D eigenvalue weighted by molar-refractivity contribution is 7.99. The van der Waals surface area contributed by atoms with Gasteiger partial charge in [-0.1, -0.05) is 36.9 Å². The van der Waals surface area contributed by atoms with Crippen molar-refractivity contribution >= 4 is 40.9 Å². The quantitative estimate of drug-likeness (QED) is 0.806. The fraction of sp³-hybridized carbons (Fsp3) is 0.261. The summed E-state index contributed by atoms with van der Waals surface area (Å²) in [6.07, 6.45) is 0.360. The van der Waals surface area contributed by atoms with Crippen LogP contribution in [0.25, 0.3) is 5.70 Å². The second kappa shape index (κ2) is 8.75. The topological polar surface area (TPSA) is 69.7 Å². The maximum atomic E-state index is 12.5. The smallest absolute Gasteiger partial charge is 0.259 e. The molecule has 0 spiro atoms. The van der Waals surface area contributed by atoms with E-state index >= 15 is 0 Å². The first kappa shape index (κ1) is 20.2. The van der Waals surface area contributed by atoms with Gasteiger partial charge in [-0.05, 0) is 23.8 Å². The third-order valence-electron chi connectivity index (χ3n) is 5.30. The van der Waals surface area contributed by atoms with E-state index in [1.54, 1.807) is 24.3 Å². The molecule has 7 heteroatoms. The number of carbonyl (C=O) groups excluding carboxylic acids is 3. The molecule has 0 aromatic heterocycles. The zero-order chi connectivity index (χ0) is 21.1. The van der Waals surface area contributed by atoms with Crippen LogP contribution in [0.15, 0.2) is 55.1 Å². The second-order valence-electron chi connectivity index (χ2n) is 7.30. The predicted molar refractivity (Wildman–Crippen MR) is 119 cm³/mol. The average molecular weight is 422 g/mol. The molecule has 1 N–H and O–H groups in total. The van der Waals surface area contributed by atoms with E-state index in [4.69, 9.17) is 0 Å². The van der Waals surface area contributed by atoms with E-state index in [2.05, 4.69) is 11.9 Å². The largest absolute Gasteiger partial charge is 0.341 e. The van der Waals surface area contributed by atoms with Gasteiger partial charge < -0.3 is 10.2 Å². The Balaban J connectivity index is 1.32. The van der Waals surface area contributed by atoms with Crippen LogP contribution in [-0.4, -0.2) is 58.7 Å². The summed E-state index contributed by atoms with van der Waals surface area (Å²) in [6.45, 7) is 5.47. The van der Waals surface area contributed by atoms with E-state index in [9.17, 15) is 14.4 Å². The van der Waals surface area contributed by atoms with Crippen LogP contribution in [0.2, 0.25) is 0 Å². The molecular formula is C23H23N3O3S. The molecule has 30 heavy (non-hydrogen) atoms. The third kappa shape index (κ3) is 4.26. The fourth-order valence-corrected chi connectivity index (χ4v) is 4.55. The zero-order valence-electron chi connectivity index (χ0n) is 16.6. The van der Waals surface area contributed by atoms with Gasteiger partial charge in [0.1, 0.15) is 6.54 Å². The van der Waals surface area contributed by atoms with Crippen molar-refractivity contribution in [3.8, 4) is 0 Å². The van der Waals surface area contributed by atoms with Crippen molar-refractivity contribution in [2.45, 2.75) is 6.42 Å². The van der Waals surface area contributed by atoms with Crippen molar-refractivity contribution in [1.82, 2.24) is 9.80 Å². The standard InChI is InChI=1S/C23H23N3O3S/c1-16-19-4-2-3-5-20(19)23(29)26(16)15-21(27)24-18-8-6-17(7-9-18)14-22(28)25-10-12-30-13-11-25/h2-9H,1,10-15H2,(H,24,27). The molecule has 1 fully saturated rings. The maximum absolute atomic E-state index is 12.5. The van der Waals surface area contributed by atoms with Gasteiger partial charge >= 0.3 is 0 Å². The van der Waals surface area contributed by atoms with Crippen molar-refractivity contribution < 1.29 is 14.4 Å². The molecule has 0 radical (unpaired) electrons. The van der Waals surface area contributed by atoms with E-state index in [0.29, 0.717) is 23.4 Å². The molecule has 2 aromatic rings. The van der Waals surface area contributed by atoms with Gasteiger partial charge in [0.2, 0.25) is 11.8 Å². The first-order valence-corrected chi connectivity index (χ1v) is 11.0. The number of carbonyl (C=O) groups is 3. The van der Waals surface area contributed by atoms with Crippen molar-refractivity contribution in [1.29, 1.82) is 0 Å². The number of nitrogens with one attached hydrogen (secondary N) is 1. The van der Waals surface area contributed by atoms with Gasteiger partial charge in [-0.25, -0.2) is 0 Å². The average Bonchev–Trinajstić information content (AvgIpc) is 3.01. The number of benzene rings is 2. The Bertz CT molecular complexity index is 962. The van der Waals surface area contributed by atoms with Crippen LogP contribution >= 0.6 is 11.8 Å². The number of hydrogen-bond acceptors (Lipinski definition) is 4. The highest BCUT2D eigenvalue weighted by Crippen LogP contribution is 2.30. The van der Waals surface area contributed by atoms with Crippen LogP contribution in [0.4, 0.5) is 5.69 Å². The number of hydrogen-bond donors (Lipinski definition) is 1. The monoisotopic (exact) mass is 421 g/mol. The number of thioether (sulfide) groups is 1. The lowest BCUT2D eigenvalue weighted by Crippen LogP contribution is -2.38. The lowest BCUT2D eigenvalue weighted by Gasteiger charge is -2.26. The number of rotatable bonds is 5. The summed E-state index contributed by atoms with van der Waals surface area (Å²) < 4.78 is 0. The Hall–Kier alpha value is -3.06. The molecule has 0 unspecified atom stereocenters. The molecule has 2 heterocycles. The Labute approximate surface area is 179 Å². The van der Waals surface area contributed by atoms with Crippen molar-refractivity contribution in [3.63, 3.8) is 0 Å². The van der Waals surface area contributed by atoms with Crippen LogP contribution in [0.3, 0.4) is 0 Å². The Kier molecular flexibility index (Phi) is 5.90. The highest BCUT2D eigenvalue weighted by Gasteiger charge is 2.31. The first-order chi connectivity index (χ1) is 14.5. The fourth-order valence-electron chi connectivity index (χ4n) is 3.65. The first-order valence-electron chi connectivity index (χ1n) is 9.87. The molecule has 2 aliphatic heterocycles. The molecule has 4 rings (SSSR count). The van der Waals surface area contributed by atoms with Gasteiger partial charge in [0, 0.05) is 47.1 Å². The van der Waals surface area contributed by atoms with Gasteiger partial charge in [-0.3, -0.25) is 19.3 Å². The minimum atomic E-state index is -0.299. The van der Waals surface area contributed by atoms with Crippen LogP contribution in [0.5, 0.6) is 0 Å². The minimum Gasteiger partial charge on any atom is -0.341 e. The van der Waals surface area contributed by atoms with Crippen LogP contribution in [0, 0.1) is 0 Å². The van der Waals surface area contributed by atoms with Crippen LogP contribution < -0.4 is 5.32 Å². The lowest BCUT2D eigenvalue weighted by atomic mass is 10.1. The van der Waals surface area contributed by atoms with Crippen LogP contribution in [0.1, 0.15) is 21.5 Å². The van der Waals surface area contributed by atoms with E-state index < -0.39 is 0 Å². The number of nitrogens with zero attached hydrogens (tertiary/aromatic N) is 2. The Morgan fingerprint density at radius 1 is 1.00 bits per heavy atom. The van der Waals surface area contributed by atoms with Gasteiger partial charge in [0.15, 0.2) is 0 Å². The number of fused-ring (bicyclic) bond motifs is 1. The summed E-state index contributed by atoms with van der Waals surface area (Å²) in [5.74, 6) is 1.61. The third-order valence-corrected chi connectivity index (χ3v) is 6.24. The molecule has 154 valence electrons. The summed E-state index contributed by atoms with van der Waals surface area (Å²) in [6, 6.07) is 14.5. The van der Waals surface area contributed by atoms with Crippen molar-refractivity contribution in [2.75, 3.05) is 36.5 Å². The minimum absolute atomic E-state index is 0.0977. The Morgan fingerprint density at radius 3 is 2.33 bits per heavy atom. The maximum Gasteiger partial charge on any atom is 0.259 e. The van der Waals surface area contributed by atoms with Gasteiger partial charge in [-0.2, -0.15) is 11.8 Å². The molecule has 2 aliphatic rings. The molecular weight excluding hydrogens is 398 g/mol. The van der Waals surface area contributed by atoms with E-state index in [1.165, 1.54) is 4.90 Å². The molecule has 0 aliphatic carbocycles. The van der Waals surface area contributed by atoms with Gasteiger partial charge in [-0.15, -0.1) is 0 Å². The lowest BCUT2D eigenvalue weighted by molar-refractivity contribution is -0.130. The van der Waals surface area contributed by atoms with E-state index in [0.717, 1.165) is 35.7 Å². The summed E-state index contributed by atoms with van der Waals surface area (Å²) >= 11 is 1.87. The van der Waals surface area contributed by atoms with Crippen molar-refractivity contribution in [2.24, 2.45) is 0 Å². The molecule has 0 saturated carbocycles. The molecule has 1 saturated heterocycles. The molecule has 0 atom stereocenters. The number of amides is 3. The van der Waals surface area contributed by atoms with Gasteiger partial charge in [0.05, 0.1) is 6.42 Å². The molecule has 0 bridgehead atoms. The highest BCUT2D eigenvalue weighted by atomic mass is 32.2. The number of anilines is 1. The van der Waals surface area contributed by atoms with Crippen LogP contribution in [-0.2, 0) is 16.0 Å². The zero-order valence-corrected chi connectivity index (χ0v) is 17.4. The SMILES string of the molecule is C=C1c2ccccc2C(=O)N1CC(=O)Nc1ccc(CC(=O)N2CCSCC2)cc1. The summed E-state index contributed by atoms with van der Waals surface area (Å²) in [5, 5.41) is 2.81. The van der Waals surface area contributed by atoms with E-state index in [-0.39, 0.29) is 24.3 Å². The van der Waals surface area contributed by atoms with Gasteiger partial charge in [0.25, 0.3) is 5.91 Å². The van der Waals surface area contributed by atoms with Crippen molar-refractivity contribution in [3.05, 3.63) is 71.8 Å². The van der Waals surface area contributed by atoms with E-state index in [1.807, 2.05) is 40.9 Å². The second-order valence-corrected chi connectivity index (χ2v) is 8.52. The summed E-state index contributed by atoms with van der Waals surface area (Å²) in [7, 11) is 0. The summed E-state index contributed by atoms with van der Waals surface area (Å²) in [4.78, 5) is 40.7. The molecule has 6 nitrogen and oxygen atoms in total. The Morgan fingerprint density at radius 2 is 1.67 bits per heavy atom. The molecule has 2 aromatic carbocycles. The predicted octanol–water partition coefficient (Wildman–Crippen LogP) is 2.87. The summed E-state index contributed by atoms with van der Waals surface area (Å²) in [5.41, 5.74) is 3.40. The molecule has 3 amide bonds. The normalized spacial score (nSPS) is 15.9.